The maximum absolute atomic E-state index is 5.24. The van der Waals surface area contributed by atoms with Crippen LogP contribution in [0.4, 0.5) is 0 Å². The average molecular weight is 548 g/mol. The Balaban J connectivity index is 0.00000173. The van der Waals surface area contributed by atoms with Crippen LogP contribution in [-0.4, -0.2) is 5.71 Å². The molecule has 2 atom stereocenters. The Hall–Kier alpha value is -4.49. The SMILES string of the molecule is C=C1C(c2ccc(C(C/C=C\C=C/C)c3ccccc3)cc2)=CC=CC1=NC1=C(C)C2CC=Cc3cccc1c32.CC. The minimum atomic E-state index is 0.310. The van der Waals surface area contributed by atoms with Gasteiger partial charge in [-0.05, 0) is 71.7 Å². The molecule has 1 nitrogen and oxygen atoms in total. The van der Waals surface area contributed by atoms with Crippen molar-refractivity contribution in [2.75, 3.05) is 0 Å². The van der Waals surface area contributed by atoms with Crippen molar-refractivity contribution in [3.63, 3.8) is 0 Å². The molecule has 3 aromatic rings. The summed E-state index contributed by atoms with van der Waals surface area (Å²) in [4.78, 5) is 5.24. The first-order valence-electron chi connectivity index (χ1n) is 15.3. The van der Waals surface area contributed by atoms with Gasteiger partial charge in [0.2, 0.25) is 0 Å². The summed E-state index contributed by atoms with van der Waals surface area (Å²) >= 11 is 0. The number of hydrogen-bond acceptors (Lipinski definition) is 1. The highest BCUT2D eigenvalue weighted by Gasteiger charge is 2.31. The van der Waals surface area contributed by atoms with Gasteiger partial charge in [0.1, 0.15) is 0 Å². The van der Waals surface area contributed by atoms with Gasteiger partial charge in [-0.25, -0.2) is 4.99 Å². The molecule has 1 heteroatoms. The van der Waals surface area contributed by atoms with Gasteiger partial charge < -0.3 is 0 Å². The summed E-state index contributed by atoms with van der Waals surface area (Å²) in [6, 6.07) is 26.4. The van der Waals surface area contributed by atoms with Crippen molar-refractivity contribution in [2.45, 2.75) is 52.4 Å². The molecule has 0 N–H and O–H groups in total. The van der Waals surface area contributed by atoms with E-state index in [1.165, 1.54) is 39.0 Å². The number of benzene rings is 3. The molecule has 0 radical (unpaired) electrons. The minimum Gasteiger partial charge on any atom is -0.248 e. The third-order valence-electron chi connectivity index (χ3n) is 8.33. The topological polar surface area (TPSA) is 12.4 Å². The first-order valence-corrected chi connectivity index (χ1v) is 15.3. The van der Waals surface area contributed by atoms with E-state index in [1.807, 2.05) is 20.8 Å². The molecule has 3 aromatic carbocycles. The second-order valence-electron chi connectivity index (χ2n) is 10.7. The summed E-state index contributed by atoms with van der Waals surface area (Å²) in [6.45, 7) is 12.8. The van der Waals surface area contributed by atoms with E-state index >= 15 is 0 Å². The van der Waals surface area contributed by atoms with Crippen LogP contribution in [0, 0.1) is 0 Å². The normalized spacial score (nSPS) is 18.9. The fraction of sp³-hybridized carbons (Fsp3) is 0.195. The summed E-state index contributed by atoms with van der Waals surface area (Å²) < 4.78 is 0. The number of rotatable bonds is 7. The van der Waals surface area contributed by atoms with Crippen LogP contribution in [0.2, 0.25) is 0 Å². The van der Waals surface area contributed by atoms with Gasteiger partial charge in [-0.15, -0.1) is 0 Å². The average Bonchev–Trinajstić information content (AvgIpc) is 3.31. The second-order valence-corrected chi connectivity index (χ2v) is 10.7. The van der Waals surface area contributed by atoms with Crippen LogP contribution in [0.3, 0.4) is 0 Å². The fourth-order valence-electron chi connectivity index (χ4n) is 6.21. The van der Waals surface area contributed by atoms with Gasteiger partial charge in [-0.3, -0.25) is 0 Å². The predicted molar refractivity (Wildman–Crippen MR) is 184 cm³/mol. The standard InChI is InChI=1S/C39H35N.C2H6/c1-4-5-6-10-18-35(29-14-8-7-9-15-29)31-25-23-30(24-26-31)33-19-13-22-37(27(33)2)40-39-28(3)34-20-11-16-32-17-12-21-36(39)38(32)34;1-2/h4-17,19,21-26,34-35H,2,18,20H2,1,3H3;1-2H3/b5-4-,10-6-,40-37?;. The predicted octanol–water partition coefficient (Wildman–Crippen LogP) is 11.3. The molecule has 0 spiro atoms. The van der Waals surface area contributed by atoms with Crippen LogP contribution in [-0.2, 0) is 0 Å². The Morgan fingerprint density at radius 1 is 0.905 bits per heavy atom. The highest BCUT2D eigenvalue weighted by molar-refractivity contribution is 6.21. The quantitative estimate of drug-likeness (QED) is 0.261. The van der Waals surface area contributed by atoms with Gasteiger partial charge >= 0.3 is 0 Å². The summed E-state index contributed by atoms with van der Waals surface area (Å²) in [7, 11) is 0. The van der Waals surface area contributed by atoms with Crippen LogP contribution in [0.25, 0.3) is 17.3 Å². The maximum Gasteiger partial charge on any atom is 0.0709 e. The Morgan fingerprint density at radius 2 is 1.67 bits per heavy atom. The van der Waals surface area contributed by atoms with Crippen LogP contribution in [0.15, 0.2) is 144 Å². The van der Waals surface area contributed by atoms with Gasteiger partial charge in [0.05, 0.1) is 11.4 Å². The lowest BCUT2D eigenvalue weighted by Crippen LogP contribution is -2.06. The summed E-state index contributed by atoms with van der Waals surface area (Å²) in [6.07, 6.45) is 21.5. The van der Waals surface area contributed by atoms with E-state index < -0.39 is 0 Å². The van der Waals surface area contributed by atoms with Crippen molar-refractivity contribution in [3.05, 3.63) is 173 Å². The maximum atomic E-state index is 5.24. The molecule has 42 heavy (non-hydrogen) atoms. The van der Waals surface area contributed by atoms with E-state index in [0.29, 0.717) is 11.8 Å². The lowest BCUT2D eigenvalue weighted by atomic mass is 9.86. The smallest absolute Gasteiger partial charge is 0.0709 e. The first kappa shape index (κ1) is 29.0. The molecule has 210 valence electrons. The molecule has 2 unspecified atom stereocenters. The third kappa shape index (κ3) is 5.78. The molecule has 3 aliphatic carbocycles. The van der Waals surface area contributed by atoms with Crippen LogP contribution < -0.4 is 0 Å². The van der Waals surface area contributed by atoms with Crippen LogP contribution in [0.1, 0.15) is 85.8 Å². The molecule has 0 fully saturated rings. The van der Waals surface area contributed by atoms with Gasteiger partial charge in [-0.1, -0.05) is 142 Å². The minimum absolute atomic E-state index is 0.310. The van der Waals surface area contributed by atoms with Crippen molar-refractivity contribution >= 4 is 23.1 Å². The molecule has 0 aromatic heterocycles. The highest BCUT2D eigenvalue weighted by Crippen LogP contribution is 2.48. The number of allylic oxidation sites excluding steroid dienone is 11. The van der Waals surface area contributed by atoms with Crippen molar-refractivity contribution < 1.29 is 0 Å². The van der Waals surface area contributed by atoms with Gasteiger partial charge in [-0.2, -0.15) is 0 Å². The Morgan fingerprint density at radius 3 is 2.43 bits per heavy atom. The zero-order valence-corrected chi connectivity index (χ0v) is 25.3. The first-order chi connectivity index (χ1) is 20.7. The van der Waals surface area contributed by atoms with E-state index in [4.69, 9.17) is 4.99 Å². The van der Waals surface area contributed by atoms with E-state index in [-0.39, 0.29) is 0 Å². The monoisotopic (exact) mass is 547 g/mol. The van der Waals surface area contributed by atoms with Gasteiger partial charge in [0.15, 0.2) is 0 Å². The van der Waals surface area contributed by atoms with Crippen molar-refractivity contribution in [1.29, 1.82) is 0 Å². The molecule has 0 amide bonds. The third-order valence-corrected chi connectivity index (χ3v) is 8.33. The molecule has 0 saturated carbocycles. The zero-order chi connectivity index (χ0) is 29.5. The zero-order valence-electron chi connectivity index (χ0n) is 25.3. The molecule has 0 saturated heterocycles. The summed E-state index contributed by atoms with van der Waals surface area (Å²) in [5, 5.41) is 0. The fourth-order valence-corrected chi connectivity index (χ4v) is 6.21. The number of aliphatic imine (C=N–C) groups is 1. The summed E-state index contributed by atoms with van der Waals surface area (Å²) in [5.74, 6) is 0.744. The lowest BCUT2D eigenvalue weighted by molar-refractivity contribution is 0.817. The van der Waals surface area contributed by atoms with Gasteiger partial charge in [0.25, 0.3) is 0 Å². The second kappa shape index (κ2) is 13.4. The molecule has 0 aliphatic heterocycles. The molecule has 0 heterocycles. The van der Waals surface area contributed by atoms with Crippen molar-refractivity contribution in [1.82, 2.24) is 0 Å². The Labute approximate surface area is 252 Å². The molecule has 3 aliphatic rings. The Kier molecular flexibility index (Phi) is 9.29. The largest absolute Gasteiger partial charge is 0.248 e. The van der Waals surface area contributed by atoms with Crippen LogP contribution >= 0.6 is 0 Å². The molecule has 0 bridgehead atoms. The van der Waals surface area contributed by atoms with E-state index in [2.05, 4.69) is 141 Å². The highest BCUT2D eigenvalue weighted by atomic mass is 14.8. The number of hydrogen-bond donors (Lipinski definition) is 0. The van der Waals surface area contributed by atoms with Crippen molar-refractivity contribution in [3.8, 4) is 0 Å². The molecular formula is C41H41N. The Bertz CT molecular complexity index is 1650. The van der Waals surface area contributed by atoms with E-state index in [0.717, 1.165) is 35.4 Å². The molecule has 6 rings (SSSR count). The van der Waals surface area contributed by atoms with Crippen molar-refractivity contribution in [2.24, 2.45) is 4.99 Å². The van der Waals surface area contributed by atoms with E-state index in [1.54, 1.807) is 0 Å². The lowest BCUT2D eigenvalue weighted by Gasteiger charge is -2.19. The molecular weight excluding hydrogens is 506 g/mol. The van der Waals surface area contributed by atoms with Crippen LogP contribution in [0.5, 0.6) is 0 Å². The van der Waals surface area contributed by atoms with E-state index in [9.17, 15) is 0 Å². The van der Waals surface area contributed by atoms with Gasteiger partial charge in [0, 0.05) is 23.0 Å². The summed E-state index contributed by atoms with van der Waals surface area (Å²) in [5.41, 5.74) is 13.4. The number of nitrogens with zero attached hydrogens (tertiary/aromatic N) is 1.